The second kappa shape index (κ2) is 12.7. The van der Waals surface area contributed by atoms with Crippen LogP contribution >= 0.6 is 0 Å². The van der Waals surface area contributed by atoms with E-state index < -0.39 is 5.60 Å². The highest BCUT2D eigenvalue weighted by atomic mass is 16.6. The number of hydrogen-bond acceptors (Lipinski definition) is 5. The first kappa shape index (κ1) is 28.7. The van der Waals surface area contributed by atoms with Crippen molar-refractivity contribution in [3.63, 3.8) is 0 Å². The van der Waals surface area contributed by atoms with E-state index in [1.54, 1.807) is 14.2 Å². The fraction of sp³-hybridized carbons (Fsp3) is 0.441. The maximum Gasteiger partial charge on any atom is 0.311 e. The van der Waals surface area contributed by atoms with Crippen LogP contribution in [0.5, 0.6) is 11.5 Å². The van der Waals surface area contributed by atoms with Gasteiger partial charge in [-0.25, -0.2) is 0 Å². The lowest BCUT2D eigenvalue weighted by molar-refractivity contribution is -0.162. The van der Waals surface area contributed by atoms with Crippen LogP contribution in [0.4, 0.5) is 0 Å². The summed E-state index contributed by atoms with van der Waals surface area (Å²) in [6.45, 7) is 8.77. The normalized spacial score (nSPS) is 20.0. The minimum absolute atomic E-state index is 0.0170. The number of ether oxygens (including phenoxy) is 3. The maximum atomic E-state index is 13.7. The monoisotopic (exact) mass is 529 g/mol. The molecule has 0 radical (unpaired) electrons. The Hall–Kier alpha value is -3.31. The predicted molar refractivity (Wildman–Crippen MR) is 156 cm³/mol. The van der Waals surface area contributed by atoms with Crippen LogP contribution in [0, 0.1) is 11.8 Å². The van der Waals surface area contributed by atoms with Crippen LogP contribution in [-0.4, -0.2) is 36.7 Å². The first-order chi connectivity index (χ1) is 18.7. The zero-order valence-corrected chi connectivity index (χ0v) is 24.2. The number of carbonyl (C=O) groups excluding carboxylic acids is 1. The van der Waals surface area contributed by atoms with E-state index in [4.69, 9.17) is 14.2 Å². The van der Waals surface area contributed by atoms with Gasteiger partial charge in [0.05, 0.1) is 20.1 Å². The van der Waals surface area contributed by atoms with Crippen molar-refractivity contribution in [1.82, 2.24) is 4.90 Å². The lowest BCUT2D eigenvalue weighted by Crippen LogP contribution is -2.47. The van der Waals surface area contributed by atoms with Crippen molar-refractivity contribution < 1.29 is 19.0 Å². The van der Waals surface area contributed by atoms with Crippen LogP contribution in [0.1, 0.15) is 63.3 Å². The third-order valence-electron chi connectivity index (χ3n) is 7.77. The second-order valence-electron chi connectivity index (χ2n) is 11.6. The molecule has 0 N–H and O–H groups in total. The number of benzene rings is 3. The zero-order valence-electron chi connectivity index (χ0n) is 24.2. The standard InChI is InChI=1S/C34H43NO4/c1-24(27-15-11-8-12-16-27)35(23-26-17-20-30(37-5)31(22-26)38-6)32-28(21-25-13-9-7-10-14-25)18-19-29(32)33(36)39-34(2,3)4/h7-17,20,22,24,28-29,32H,18-19,21,23H2,1-6H3/t24-,28-,29+,32-/m1/s1. The summed E-state index contributed by atoms with van der Waals surface area (Å²) in [5, 5.41) is 0. The van der Waals surface area contributed by atoms with Gasteiger partial charge in [-0.1, -0.05) is 66.7 Å². The Balaban J connectivity index is 1.76. The molecule has 5 nitrogen and oxygen atoms in total. The molecule has 208 valence electrons. The van der Waals surface area contributed by atoms with E-state index >= 15 is 0 Å². The molecule has 0 saturated heterocycles. The molecule has 1 saturated carbocycles. The second-order valence-corrected chi connectivity index (χ2v) is 11.6. The van der Waals surface area contributed by atoms with Crippen molar-refractivity contribution in [2.45, 2.75) is 71.2 Å². The van der Waals surface area contributed by atoms with E-state index in [1.807, 2.05) is 39.0 Å². The van der Waals surface area contributed by atoms with Crippen LogP contribution < -0.4 is 9.47 Å². The Morgan fingerprint density at radius 3 is 2.13 bits per heavy atom. The number of esters is 1. The van der Waals surface area contributed by atoms with E-state index in [-0.39, 0.29) is 24.0 Å². The largest absolute Gasteiger partial charge is 0.493 e. The molecule has 4 atom stereocenters. The van der Waals surface area contributed by atoms with Gasteiger partial charge in [0, 0.05) is 18.6 Å². The molecule has 3 aromatic carbocycles. The number of nitrogens with zero attached hydrogens (tertiary/aromatic N) is 1. The van der Waals surface area contributed by atoms with Gasteiger partial charge in [-0.05, 0) is 81.7 Å². The Kier molecular flexibility index (Phi) is 9.34. The third kappa shape index (κ3) is 7.21. The van der Waals surface area contributed by atoms with Gasteiger partial charge in [-0.3, -0.25) is 9.69 Å². The Morgan fingerprint density at radius 2 is 1.51 bits per heavy atom. The van der Waals surface area contributed by atoms with Gasteiger partial charge < -0.3 is 14.2 Å². The van der Waals surface area contributed by atoms with Gasteiger partial charge >= 0.3 is 5.97 Å². The first-order valence-corrected chi connectivity index (χ1v) is 14.0. The summed E-state index contributed by atoms with van der Waals surface area (Å²) in [4.78, 5) is 16.2. The van der Waals surface area contributed by atoms with Crippen molar-refractivity contribution >= 4 is 5.97 Å². The van der Waals surface area contributed by atoms with Gasteiger partial charge in [0.1, 0.15) is 5.60 Å². The SMILES string of the molecule is COc1ccc(CN([C@@H]2[C@@H](Cc3ccccc3)CC[C@@H]2C(=O)OC(C)(C)C)[C@H](C)c2ccccc2)cc1OC. The van der Waals surface area contributed by atoms with Crippen LogP contribution in [0.25, 0.3) is 0 Å². The molecule has 0 bridgehead atoms. The zero-order chi connectivity index (χ0) is 28.0. The molecular weight excluding hydrogens is 486 g/mol. The molecule has 5 heteroatoms. The van der Waals surface area contributed by atoms with Gasteiger partial charge in [0.25, 0.3) is 0 Å². The molecule has 0 spiro atoms. The number of methoxy groups -OCH3 is 2. The van der Waals surface area contributed by atoms with E-state index in [2.05, 4.69) is 72.5 Å². The van der Waals surface area contributed by atoms with E-state index in [0.717, 1.165) is 24.8 Å². The quantitative estimate of drug-likeness (QED) is 0.259. The van der Waals surface area contributed by atoms with E-state index in [1.165, 1.54) is 11.1 Å². The van der Waals surface area contributed by atoms with Crippen molar-refractivity contribution in [1.29, 1.82) is 0 Å². The summed E-state index contributed by atoms with van der Waals surface area (Å²) in [5.41, 5.74) is 3.11. The maximum absolute atomic E-state index is 13.7. The molecule has 0 amide bonds. The minimum atomic E-state index is -0.529. The van der Waals surface area contributed by atoms with E-state index in [0.29, 0.717) is 24.0 Å². The first-order valence-electron chi connectivity index (χ1n) is 14.0. The number of hydrogen-bond donors (Lipinski definition) is 0. The van der Waals surface area contributed by atoms with Gasteiger partial charge in [0.2, 0.25) is 0 Å². The van der Waals surface area contributed by atoms with E-state index in [9.17, 15) is 4.79 Å². The van der Waals surface area contributed by atoms with Crippen molar-refractivity contribution in [2.75, 3.05) is 14.2 Å². The molecule has 0 heterocycles. The summed E-state index contributed by atoms with van der Waals surface area (Å²) in [7, 11) is 3.32. The topological polar surface area (TPSA) is 48.0 Å². The molecule has 0 aromatic heterocycles. The summed E-state index contributed by atoms with van der Waals surface area (Å²) in [6, 6.07) is 27.4. The van der Waals surface area contributed by atoms with Gasteiger partial charge in [0.15, 0.2) is 11.5 Å². The predicted octanol–water partition coefficient (Wildman–Crippen LogP) is 7.25. The lowest BCUT2D eigenvalue weighted by Gasteiger charge is -2.41. The molecule has 0 aliphatic heterocycles. The highest BCUT2D eigenvalue weighted by Crippen LogP contribution is 2.43. The number of rotatable bonds is 10. The average Bonchev–Trinajstić information content (AvgIpc) is 3.34. The third-order valence-corrected chi connectivity index (χ3v) is 7.77. The molecule has 3 aromatic rings. The smallest absolute Gasteiger partial charge is 0.311 e. The minimum Gasteiger partial charge on any atom is -0.493 e. The Bertz CT molecular complexity index is 1200. The molecule has 1 aliphatic rings. The highest BCUT2D eigenvalue weighted by molar-refractivity contribution is 5.74. The summed E-state index contributed by atoms with van der Waals surface area (Å²) in [6.07, 6.45) is 2.73. The molecule has 1 fully saturated rings. The fourth-order valence-corrected chi connectivity index (χ4v) is 5.95. The van der Waals surface area contributed by atoms with Crippen LogP contribution in [0.3, 0.4) is 0 Å². The fourth-order valence-electron chi connectivity index (χ4n) is 5.95. The van der Waals surface area contributed by atoms with Crippen LogP contribution in [-0.2, 0) is 22.5 Å². The Morgan fingerprint density at radius 1 is 0.872 bits per heavy atom. The Labute approximate surface area is 234 Å². The van der Waals surface area contributed by atoms with Crippen molar-refractivity contribution in [3.05, 3.63) is 95.6 Å². The summed E-state index contributed by atoms with van der Waals surface area (Å²) >= 11 is 0. The van der Waals surface area contributed by atoms with Crippen molar-refractivity contribution in [2.24, 2.45) is 11.8 Å². The molecule has 1 aliphatic carbocycles. The van der Waals surface area contributed by atoms with Gasteiger partial charge in [-0.2, -0.15) is 0 Å². The van der Waals surface area contributed by atoms with Crippen LogP contribution in [0.15, 0.2) is 78.9 Å². The molecule has 0 unspecified atom stereocenters. The molecule has 4 rings (SSSR count). The summed E-state index contributed by atoms with van der Waals surface area (Å²) in [5.74, 6) is 1.43. The summed E-state index contributed by atoms with van der Waals surface area (Å²) < 4.78 is 17.1. The molecule has 39 heavy (non-hydrogen) atoms. The van der Waals surface area contributed by atoms with Crippen LogP contribution in [0.2, 0.25) is 0 Å². The highest BCUT2D eigenvalue weighted by Gasteiger charge is 2.46. The molecular formula is C34H43NO4. The average molecular weight is 530 g/mol. The number of carbonyl (C=O) groups is 1. The van der Waals surface area contributed by atoms with Crippen molar-refractivity contribution in [3.8, 4) is 11.5 Å². The lowest BCUT2D eigenvalue weighted by atomic mass is 9.88. The van der Waals surface area contributed by atoms with Gasteiger partial charge in [-0.15, -0.1) is 0 Å².